The van der Waals surface area contributed by atoms with Crippen LogP contribution in [0.4, 0.5) is 5.69 Å². The number of benzene rings is 1. The fourth-order valence-corrected chi connectivity index (χ4v) is 2.06. The van der Waals surface area contributed by atoms with Crippen molar-refractivity contribution >= 4 is 23.2 Å². The number of anilines is 1. The molecule has 104 valence electrons. The van der Waals surface area contributed by atoms with Gasteiger partial charge in [0.25, 0.3) is 0 Å². The number of rotatable bonds is 5. The average molecular weight is 285 g/mol. The third-order valence-corrected chi connectivity index (χ3v) is 3.07. The number of fused-ring (bicyclic) bond motifs is 1. The maximum absolute atomic E-state index is 11.4. The van der Waals surface area contributed by atoms with Gasteiger partial charge >= 0.3 is 0 Å². The van der Waals surface area contributed by atoms with Crippen LogP contribution in [-0.4, -0.2) is 25.2 Å². The van der Waals surface area contributed by atoms with E-state index < -0.39 is 6.04 Å². The van der Waals surface area contributed by atoms with Gasteiger partial charge in [0.1, 0.15) is 18.4 Å². The number of nitrogens with one attached hydrogen (secondary N) is 1. The Morgan fingerprint density at radius 3 is 2.84 bits per heavy atom. The highest BCUT2D eigenvalue weighted by Gasteiger charge is 2.28. The lowest BCUT2D eigenvalue weighted by Gasteiger charge is -2.12. The minimum Gasteiger partial charge on any atom is -0.490 e. The van der Waals surface area contributed by atoms with Crippen molar-refractivity contribution in [2.45, 2.75) is 26.0 Å². The van der Waals surface area contributed by atoms with Gasteiger partial charge in [0.05, 0.1) is 17.7 Å². The summed E-state index contributed by atoms with van der Waals surface area (Å²) in [7, 11) is 0. The van der Waals surface area contributed by atoms with E-state index >= 15 is 0 Å². The van der Waals surface area contributed by atoms with Gasteiger partial charge in [0.2, 0.25) is 5.91 Å². The fourth-order valence-electron chi connectivity index (χ4n) is 1.83. The second-order valence-corrected chi connectivity index (χ2v) is 5.01. The van der Waals surface area contributed by atoms with Crippen LogP contribution in [0.2, 0.25) is 5.02 Å². The van der Waals surface area contributed by atoms with Gasteiger partial charge in [0.15, 0.2) is 0 Å². The maximum Gasteiger partial charge on any atom is 0.245 e. The molecule has 1 aliphatic heterocycles. The Balaban J connectivity index is 2.03. The molecule has 0 saturated heterocycles. The Labute approximate surface area is 117 Å². The molecule has 0 fully saturated rings. The topological polar surface area (TPSA) is 73.6 Å². The molecule has 2 rings (SSSR count). The first-order chi connectivity index (χ1) is 8.99. The number of carbonyl (C=O) groups excluding carboxylic acids is 1. The van der Waals surface area contributed by atoms with Crippen molar-refractivity contribution in [2.75, 3.05) is 18.5 Å². The summed E-state index contributed by atoms with van der Waals surface area (Å²) in [4.78, 5) is 11.4. The van der Waals surface area contributed by atoms with Gasteiger partial charge in [-0.3, -0.25) is 4.79 Å². The highest BCUT2D eigenvalue weighted by atomic mass is 35.5. The molecular weight excluding hydrogens is 268 g/mol. The summed E-state index contributed by atoms with van der Waals surface area (Å²) in [6.07, 6.45) is 0.163. The third-order valence-electron chi connectivity index (χ3n) is 2.77. The molecule has 0 radical (unpaired) electrons. The first-order valence-electron chi connectivity index (χ1n) is 6.13. The summed E-state index contributed by atoms with van der Waals surface area (Å²) in [5, 5.41) is 3.13. The first-order valence-corrected chi connectivity index (χ1v) is 6.51. The van der Waals surface area contributed by atoms with Crippen LogP contribution < -0.4 is 15.8 Å². The van der Waals surface area contributed by atoms with Crippen LogP contribution in [-0.2, 0) is 9.53 Å². The molecule has 1 amide bonds. The molecule has 0 aromatic heterocycles. The fraction of sp³-hybridized carbons (Fsp3) is 0.462. The van der Waals surface area contributed by atoms with E-state index in [1.54, 1.807) is 12.1 Å². The van der Waals surface area contributed by atoms with Gasteiger partial charge in [-0.1, -0.05) is 11.6 Å². The molecule has 0 saturated carbocycles. The van der Waals surface area contributed by atoms with Gasteiger partial charge in [-0.05, 0) is 19.9 Å². The predicted molar refractivity (Wildman–Crippen MR) is 73.6 cm³/mol. The Kier molecular flexibility index (Phi) is 4.29. The van der Waals surface area contributed by atoms with Gasteiger partial charge < -0.3 is 20.5 Å². The number of hydrogen-bond donors (Lipinski definition) is 2. The van der Waals surface area contributed by atoms with Gasteiger partial charge in [-0.15, -0.1) is 0 Å². The van der Waals surface area contributed by atoms with Crippen molar-refractivity contribution in [2.24, 2.45) is 5.73 Å². The largest absolute Gasteiger partial charge is 0.490 e. The molecule has 1 aromatic carbocycles. The van der Waals surface area contributed by atoms with E-state index in [0.29, 0.717) is 35.2 Å². The maximum atomic E-state index is 11.4. The summed E-state index contributed by atoms with van der Waals surface area (Å²) >= 11 is 6.10. The van der Waals surface area contributed by atoms with E-state index in [1.807, 2.05) is 13.8 Å². The summed E-state index contributed by atoms with van der Waals surface area (Å²) in [6, 6.07) is 2.70. The van der Waals surface area contributed by atoms with Crippen molar-refractivity contribution in [1.29, 1.82) is 0 Å². The van der Waals surface area contributed by atoms with Crippen LogP contribution in [0.5, 0.6) is 5.75 Å². The zero-order chi connectivity index (χ0) is 14.0. The summed E-state index contributed by atoms with van der Waals surface area (Å²) < 4.78 is 10.9. The Morgan fingerprint density at radius 1 is 1.42 bits per heavy atom. The standard InChI is InChI=1S/C13H17ClN2O3/c1-7(2)18-3-4-19-11-6-10-8(5-9(11)14)12(15)13(17)16-10/h5-7,12H,3-4,15H2,1-2H3,(H,16,17). The van der Waals surface area contributed by atoms with Crippen molar-refractivity contribution in [1.82, 2.24) is 0 Å². The molecule has 3 N–H and O–H groups in total. The molecule has 1 atom stereocenters. The smallest absolute Gasteiger partial charge is 0.245 e. The zero-order valence-electron chi connectivity index (χ0n) is 10.9. The molecule has 1 heterocycles. The Bertz CT molecular complexity index is 491. The van der Waals surface area contributed by atoms with Crippen LogP contribution in [0.25, 0.3) is 0 Å². The SMILES string of the molecule is CC(C)OCCOc1cc2c(cc1Cl)C(N)C(=O)N2. The lowest BCUT2D eigenvalue weighted by atomic mass is 10.1. The first kappa shape index (κ1) is 14.1. The number of hydrogen-bond acceptors (Lipinski definition) is 4. The van der Waals surface area contributed by atoms with Crippen LogP contribution in [0, 0.1) is 0 Å². The molecule has 0 spiro atoms. The molecule has 6 heteroatoms. The van der Waals surface area contributed by atoms with Gasteiger partial charge in [0, 0.05) is 17.3 Å². The van der Waals surface area contributed by atoms with Crippen LogP contribution in [0.3, 0.4) is 0 Å². The molecule has 0 bridgehead atoms. The average Bonchev–Trinajstić information content (AvgIpc) is 2.61. The summed E-state index contributed by atoms with van der Waals surface area (Å²) in [6.45, 7) is 4.80. The Hall–Kier alpha value is -1.30. The molecule has 1 aliphatic rings. The van der Waals surface area contributed by atoms with E-state index in [0.717, 1.165) is 0 Å². The minimum atomic E-state index is -0.661. The molecule has 1 aromatic rings. The van der Waals surface area contributed by atoms with Crippen molar-refractivity contribution < 1.29 is 14.3 Å². The van der Waals surface area contributed by atoms with Crippen molar-refractivity contribution in [3.8, 4) is 5.75 Å². The highest BCUT2D eigenvalue weighted by Crippen LogP contribution is 2.37. The number of amides is 1. The van der Waals surface area contributed by atoms with E-state index in [9.17, 15) is 4.79 Å². The molecule has 5 nitrogen and oxygen atoms in total. The second kappa shape index (κ2) is 5.77. The Morgan fingerprint density at radius 2 is 2.16 bits per heavy atom. The van der Waals surface area contributed by atoms with Crippen LogP contribution in [0.15, 0.2) is 12.1 Å². The van der Waals surface area contributed by atoms with Crippen LogP contribution >= 0.6 is 11.6 Å². The quantitative estimate of drug-likeness (QED) is 0.812. The normalized spacial score (nSPS) is 17.5. The number of nitrogens with two attached hydrogens (primary N) is 1. The van der Waals surface area contributed by atoms with E-state index in [1.165, 1.54) is 0 Å². The lowest BCUT2D eigenvalue weighted by molar-refractivity contribution is -0.116. The molecule has 19 heavy (non-hydrogen) atoms. The second-order valence-electron chi connectivity index (χ2n) is 4.60. The molecular formula is C13H17ClN2O3. The minimum absolute atomic E-state index is 0.163. The van der Waals surface area contributed by atoms with E-state index in [4.69, 9.17) is 26.8 Å². The van der Waals surface area contributed by atoms with E-state index in [-0.39, 0.29) is 12.0 Å². The van der Waals surface area contributed by atoms with Gasteiger partial charge in [-0.25, -0.2) is 0 Å². The molecule has 0 aliphatic carbocycles. The number of halogens is 1. The zero-order valence-corrected chi connectivity index (χ0v) is 11.7. The van der Waals surface area contributed by atoms with Crippen LogP contribution in [0.1, 0.15) is 25.5 Å². The highest BCUT2D eigenvalue weighted by molar-refractivity contribution is 6.32. The third kappa shape index (κ3) is 3.18. The van der Waals surface area contributed by atoms with E-state index in [2.05, 4.69) is 5.32 Å². The lowest BCUT2D eigenvalue weighted by Crippen LogP contribution is -2.19. The number of ether oxygens (including phenoxy) is 2. The summed E-state index contributed by atoms with van der Waals surface area (Å²) in [5.74, 6) is 0.286. The molecule has 1 unspecified atom stereocenters. The monoisotopic (exact) mass is 284 g/mol. The summed E-state index contributed by atoms with van der Waals surface area (Å²) in [5.41, 5.74) is 7.08. The number of carbonyl (C=O) groups is 1. The predicted octanol–water partition coefficient (Wildman–Crippen LogP) is 2.10. The van der Waals surface area contributed by atoms with Gasteiger partial charge in [-0.2, -0.15) is 0 Å². The van der Waals surface area contributed by atoms with Crippen molar-refractivity contribution in [3.05, 3.63) is 22.7 Å². The van der Waals surface area contributed by atoms with Crippen molar-refractivity contribution in [3.63, 3.8) is 0 Å².